The second kappa shape index (κ2) is 9.86. The molecule has 2 N–H and O–H groups in total. The van der Waals surface area contributed by atoms with E-state index in [0.29, 0.717) is 5.69 Å². The van der Waals surface area contributed by atoms with Crippen molar-refractivity contribution in [3.05, 3.63) is 71.9 Å². The van der Waals surface area contributed by atoms with Gasteiger partial charge in [-0.3, -0.25) is 4.79 Å². The standard InChI is InChI=1S/C23H23N5O5S/c1-23(2,3)27-34(31,32)19-11-9-16(10-12-19)22(30)33-15-20(29)26-21-17(13-24)14-25-28(21)18-7-5-4-6-8-18/h4-12,14,27H,15H2,1-3H3,(H,26,29). The van der Waals surface area contributed by atoms with E-state index in [4.69, 9.17) is 4.74 Å². The van der Waals surface area contributed by atoms with E-state index in [1.807, 2.05) is 12.1 Å². The molecule has 176 valence electrons. The van der Waals surface area contributed by atoms with Gasteiger partial charge in [-0.25, -0.2) is 22.6 Å². The highest BCUT2D eigenvalue weighted by Crippen LogP contribution is 2.19. The number of ether oxygens (including phenoxy) is 1. The number of anilines is 1. The zero-order valence-corrected chi connectivity index (χ0v) is 19.6. The molecule has 0 radical (unpaired) electrons. The van der Waals surface area contributed by atoms with E-state index in [1.165, 1.54) is 35.1 Å². The first-order valence-electron chi connectivity index (χ1n) is 10.1. The Morgan fingerprint density at radius 3 is 2.32 bits per heavy atom. The summed E-state index contributed by atoms with van der Waals surface area (Å²) in [6, 6.07) is 16.0. The largest absolute Gasteiger partial charge is 0.452 e. The maximum Gasteiger partial charge on any atom is 0.338 e. The van der Waals surface area contributed by atoms with Gasteiger partial charge in [-0.05, 0) is 57.2 Å². The van der Waals surface area contributed by atoms with Gasteiger partial charge in [0.15, 0.2) is 12.4 Å². The number of carbonyl (C=O) groups is 2. The van der Waals surface area contributed by atoms with Crippen LogP contribution in [-0.4, -0.2) is 42.2 Å². The fraction of sp³-hybridized carbons (Fsp3) is 0.217. The van der Waals surface area contributed by atoms with Crippen molar-refractivity contribution in [2.24, 2.45) is 0 Å². The summed E-state index contributed by atoms with van der Waals surface area (Å²) in [5.74, 6) is -1.33. The third-order valence-electron chi connectivity index (χ3n) is 4.32. The molecule has 0 aliphatic rings. The molecule has 0 saturated carbocycles. The molecule has 0 saturated heterocycles. The number of para-hydroxylation sites is 1. The average Bonchev–Trinajstić information content (AvgIpc) is 3.19. The monoisotopic (exact) mass is 481 g/mol. The van der Waals surface area contributed by atoms with Crippen molar-refractivity contribution < 1.29 is 22.7 Å². The summed E-state index contributed by atoms with van der Waals surface area (Å²) in [5, 5.41) is 16.0. The molecule has 10 nitrogen and oxygen atoms in total. The van der Waals surface area contributed by atoms with Gasteiger partial charge < -0.3 is 10.1 Å². The van der Waals surface area contributed by atoms with Crippen molar-refractivity contribution in [2.45, 2.75) is 31.2 Å². The minimum absolute atomic E-state index is 0.00470. The fourth-order valence-corrected chi connectivity index (χ4v) is 4.35. The minimum atomic E-state index is -3.75. The summed E-state index contributed by atoms with van der Waals surface area (Å²) >= 11 is 0. The number of hydrogen-bond donors (Lipinski definition) is 2. The number of nitrogens with zero attached hydrogens (tertiary/aromatic N) is 3. The lowest BCUT2D eigenvalue weighted by Crippen LogP contribution is -2.40. The predicted octanol–water partition coefficient (Wildman–Crippen LogP) is 2.62. The zero-order valence-electron chi connectivity index (χ0n) is 18.8. The Bertz CT molecular complexity index is 1340. The maximum absolute atomic E-state index is 12.4. The molecule has 0 unspecified atom stereocenters. The van der Waals surface area contributed by atoms with Gasteiger partial charge in [0, 0.05) is 5.54 Å². The van der Waals surface area contributed by atoms with E-state index < -0.39 is 34.0 Å². The van der Waals surface area contributed by atoms with Crippen LogP contribution in [0, 0.1) is 11.3 Å². The van der Waals surface area contributed by atoms with Gasteiger partial charge in [0.2, 0.25) is 10.0 Å². The molecule has 1 aromatic heterocycles. The van der Waals surface area contributed by atoms with Gasteiger partial charge in [-0.2, -0.15) is 10.4 Å². The van der Waals surface area contributed by atoms with Crippen molar-refractivity contribution in [3.8, 4) is 11.8 Å². The first kappa shape index (κ1) is 24.6. The molecule has 11 heteroatoms. The second-order valence-corrected chi connectivity index (χ2v) is 9.95. The van der Waals surface area contributed by atoms with Crippen molar-refractivity contribution in [3.63, 3.8) is 0 Å². The number of amides is 1. The Kier molecular flexibility index (Phi) is 7.14. The molecule has 0 aliphatic carbocycles. The number of esters is 1. The zero-order chi connectivity index (χ0) is 24.9. The van der Waals surface area contributed by atoms with E-state index in [0.717, 1.165) is 0 Å². The first-order valence-corrected chi connectivity index (χ1v) is 11.6. The molecule has 0 bridgehead atoms. The molecule has 2 aromatic carbocycles. The van der Waals surface area contributed by atoms with Crippen LogP contribution in [0.5, 0.6) is 0 Å². The summed E-state index contributed by atoms with van der Waals surface area (Å²) in [6.45, 7) is 4.53. The highest BCUT2D eigenvalue weighted by atomic mass is 32.2. The SMILES string of the molecule is CC(C)(C)NS(=O)(=O)c1ccc(C(=O)OCC(=O)Nc2c(C#N)cnn2-c2ccccc2)cc1. The smallest absolute Gasteiger partial charge is 0.338 e. The molecule has 3 aromatic rings. The molecule has 0 atom stereocenters. The van der Waals surface area contributed by atoms with Gasteiger partial charge in [0.05, 0.1) is 22.3 Å². The highest BCUT2D eigenvalue weighted by molar-refractivity contribution is 7.89. The maximum atomic E-state index is 12.4. The average molecular weight is 482 g/mol. The summed E-state index contributed by atoms with van der Waals surface area (Å²) in [4.78, 5) is 24.7. The number of aromatic nitrogens is 2. The van der Waals surface area contributed by atoms with Crippen molar-refractivity contribution in [2.75, 3.05) is 11.9 Å². The number of rotatable bonds is 7. The van der Waals surface area contributed by atoms with Crippen molar-refractivity contribution >= 4 is 27.7 Å². The molecular weight excluding hydrogens is 458 g/mol. The topological polar surface area (TPSA) is 143 Å². The van der Waals surface area contributed by atoms with Gasteiger partial charge >= 0.3 is 5.97 Å². The van der Waals surface area contributed by atoms with Crippen LogP contribution in [-0.2, 0) is 19.6 Å². The van der Waals surface area contributed by atoms with Crippen molar-refractivity contribution in [1.82, 2.24) is 14.5 Å². The predicted molar refractivity (Wildman–Crippen MR) is 124 cm³/mol. The van der Waals surface area contributed by atoms with Crippen LogP contribution >= 0.6 is 0 Å². The quantitative estimate of drug-likeness (QED) is 0.494. The number of carbonyl (C=O) groups excluding carboxylic acids is 2. The third-order valence-corrected chi connectivity index (χ3v) is 6.10. The number of nitrogens with one attached hydrogen (secondary N) is 2. The van der Waals surface area contributed by atoms with Crippen LogP contribution in [0.4, 0.5) is 5.82 Å². The third kappa shape index (κ3) is 6.06. The van der Waals surface area contributed by atoms with Gasteiger partial charge in [-0.1, -0.05) is 18.2 Å². The highest BCUT2D eigenvalue weighted by Gasteiger charge is 2.22. The summed E-state index contributed by atoms with van der Waals surface area (Å²) in [5.41, 5.74) is 0.191. The Hall–Kier alpha value is -4.01. The summed E-state index contributed by atoms with van der Waals surface area (Å²) < 4.78 is 33.7. The lowest BCUT2D eigenvalue weighted by molar-refractivity contribution is -0.119. The molecule has 0 aliphatic heterocycles. The van der Waals surface area contributed by atoms with Crippen LogP contribution in [0.15, 0.2) is 65.7 Å². The molecule has 0 spiro atoms. The second-order valence-electron chi connectivity index (χ2n) is 8.27. The Morgan fingerprint density at radius 1 is 1.09 bits per heavy atom. The Labute approximate surface area is 197 Å². The van der Waals surface area contributed by atoms with Crippen LogP contribution in [0.25, 0.3) is 5.69 Å². The van der Waals surface area contributed by atoms with E-state index in [9.17, 15) is 23.3 Å². The molecule has 1 heterocycles. The normalized spacial score (nSPS) is 11.5. The van der Waals surface area contributed by atoms with Crippen LogP contribution in [0.1, 0.15) is 36.7 Å². The summed E-state index contributed by atoms with van der Waals surface area (Å²) in [6.07, 6.45) is 1.32. The van der Waals surface area contributed by atoms with E-state index in [1.54, 1.807) is 45.0 Å². The minimum Gasteiger partial charge on any atom is -0.452 e. The van der Waals surface area contributed by atoms with E-state index in [-0.39, 0.29) is 21.8 Å². The number of nitriles is 1. The Morgan fingerprint density at radius 2 is 1.74 bits per heavy atom. The first-order chi connectivity index (χ1) is 16.0. The van der Waals surface area contributed by atoms with Gasteiger partial charge in [0.25, 0.3) is 5.91 Å². The summed E-state index contributed by atoms with van der Waals surface area (Å²) in [7, 11) is -3.75. The molecule has 0 fully saturated rings. The molecule has 3 rings (SSSR count). The number of benzene rings is 2. The van der Waals surface area contributed by atoms with Crippen LogP contribution in [0.2, 0.25) is 0 Å². The van der Waals surface area contributed by atoms with Crippen LogP contribution in [0.3, 0.4) is 0 Å². The number of sulfonamides is 1. The fourth-order valence-electron chi connectivity index (χ4n) is 2.93. The molecular formula is C23H23N5O5S. The molecule has 34 heavy (non-hydrogen) atoms. The lowest BCUT2D eigenvalue weighted by atomic mass is 10.1. The van der Waals surface area contributed by atoms with E-state index in [2.05, 4.69) is 15.1 Å². The lowest BCUT2D eigenvalue weighted by Gasteiger charge is -2.20. The van der Waals surface area contributed by atoms with Gasteiger partial charge in [0.1, 0.15) is 11.6 Å². The number of hydrogen-bond acceptors (Lipinski definition) is 7. The van der Waals surface area contributed by atoms with Crippen molar-refractivity contribution in [1.29, 1.82) is 5.26 Å². The van der Waals surface area contributed by atoms with E-state index >= 15 is 0 Å². The molecule has 1 amide bonds. The Balaban J connectivity index is 1.65. The van der Waals surface area contributed by atoms with Gasteiger partial charge in [-0.15, -0.1) is 0 Å². The van der Waals surface area contributed by atoms with Crippen LogP contribution < -0.4 is 10.0 Å².